The quantitative estimate of drug-likeness (QED) is 0.178. The van der Waals surface area contributed by atoms with E-state index in [2.05, 4.69) is 211 Å². The van der Waals surface area contributed by atoms with Crippen molar-refractivity contribution in [1.82, 2.24) is 19.1 Å². The van der Waals surface area contributed by atoms with E-state index in [0.29, 0.717) is 5.95 Å². The molecule has 61 heavy (non-hydrogen) atoms. The van der Waals surface area contributed by atoms with Crippen LogP contribution in [0.15, 0.2) is 194 Å². The van der Waals surface area contributed by atoms with Crippen LogP contribution in [0.1, 0.15) is 25.0 Å². The van der Waals surface area contributed by atoms with Gasteiger partial charge in [-0.05, 0) is 87.3 Å². The van der Waals surface area contributed by atoms with Crippen molar-refractivity contribution in [2.75, 3.05) is 0 Å². The van der Waals surface area contributed by atoms with Crippen LogP contribution >= 0.6 is 0 Å². The van der Waals surface area contributed by atoms with E-state index in [1.54, 1.807) is 0 Å². The van der Waals surface area contributed by atoms with Gasteiger partial charge in [-0.15, -0.1) is 0 Å². The van der Waals surface area contributed by atoms with Gasteiger partial charge in [0.05, 0.1) is 33.3 Å². The summed E-state index contributed by atoms with van der Waals surface area (Å²) in [5, 5.41) is 8.20. The summed E-state index contributed by atoms with van der Waals surface area (Å²) in [6, 6.07) is 70.5. The van der Waals surface area contributed by atoms with Gasteiger partial charge >= 0.3 is 0 Å². The van der Waals surface area contributed by atoms with E-state index in [-0.39, 0.29) is 5.41 Å². The van der Waals surface area contributed by atoms with Gasteiger partial charge in [0.15, 0.2) is 0 Å². The maximum Gasteiger partial charge on any atom is 0.235 e. The number of para-hydroxylation sites is 3. The number of aromatic nitrogens is 4. The lowest BCUT2D eigenvalue weighted by molar-refractivity contribution is 0.660. The van der Waals surface area contributed by atoms with E-state index >= 15 is 0 Å². The van der Waals surface area contributed by atoms with Gasteiger partial charge in [-0.2, -0.15) is 0 Å². The van der Waals surface area contributed by atoms with Gasteiger partial charge in [0.1, 0.15) is 0 Å². The summed E-state index contributed by atoms with van der Waals surface area (Å²) < 4.78 is 4.73. The molecule has 286 valence electrons. The van der Waals surface area contributed by atoms with E-state index in [1.807, 2.05) is 6.07 Å². The third-order valence-corrected chi connectivity index (χ3v) is 13.3. The minimum absolute atomic E-state index is 0.0820. The summed E-state index contributed by atoms with van der Waals surface area (Å²) in [5.41, 5.74) is 16.4. The minimum atomic E-state index is -0.0820. The van der Waals surface area contributed by atoms with Gasteiger partial charge in [-0.25, -0.2) is 9.97 Å². The number of fused-ring (bicyclic) bond motifs is 12. The molecule has 4 heteroatoms. The highest BCUT2D eigenvalue weighted by Crippen LogP contribution is 2.50. The molecule has 3 aromatic heterocycles. The molecule has 13 rings (SSSR count). The Bertz CT molecular complexity index is 3790. The predicted molar refractivity (Wildman–Crippen MR) is 254 cm³/mol. The summed E-state index contributed by atoms with van der Waals surface area (Å²) in [4.78, 5) is 10.6. The van der Waals surface area contributed by atoms with Crippen molar-refractivity contribution in [2.45, 2.75) is 19.3 Å². The van der Waals surface area contributed by atoms with Crippen molar-refractivity contribution >= 4 is 65.3 Å². The molecule has 0 radical (unpaired) electrons. The molecule has 0 bridgehead atoms. The molecule has 0 amide bonds. The lowest BCUT2D eigenvalue weighted by Gasteiger charge is -2.22. The molecule has 1 aliphatic carbocycles. The van der Waals surface area contributed by atoms with Crippen LogP contribution in [0.25, 0.3) is 110 Å². The highest BCUT2D eigenvalue weighted by atomic mass is 15.2. The second-order valence-corrected chi connectivity index (χ2v) is 17.0. The van der Waals surface area contributed by atoms with Crippen LogP contribution in [0.5, 0.6) is 0 Å². The topological polar surface area (TPSA) is 35.6 Å². The fourth-order valence-corrected chi connectivity index (χ4v) is 10.5. The zero-order chi connectivity index (χ0) is 40.4. The third kappa shape index (κ3) is 4.82. The van der Waals surface area contributed by atoms with Gasteiger partial charge < -0.3 is 4.57 Å². The molecule has 1 aliphatic rings. The van der Waals surface area contributed by atoms with Crippen molar-refractivity contribution in [3.05, 3.63) is 205 Å². The summed E-state index contributed by atoms with van der Waals surface area (Å²) in [5.74, 6) is 0.662. The highest BCUT2D eigenvalue weighted by Gasteiger charge is 2.35. The Labute approximate surface area is 352 Å². The Balaban J connectivity index is 1.04. The second-order valence-electron chi connectivity index (χ2n) is 17.0. The van der Waals surface area contributed by atoms with Crippen molar-refractivity contribution in [3.8, 4) is 45.1 Å². The van der Waals surface area contributed by atoms with Crippen molar-refractivity contribution in [1.29, 1.82) is 0 Å². The zero-order valence-electron chi connectivity index (χ0n) is 33.8. The maximum absolute atomic E-state index is 5.38. The van der Waals surface area contributed by atoms with Crippen molar-refractivity contribution in [2.24, 2.45) is 0 Å². The molecule has 0 unspecified atom stereocenters. The number of hydrogen-bond donors (Lipinski definition) is 0. The fourth-order valence-electron chi connectivity index (χ4n) is 10.5. The second kappa shape index (κ2) is 12.6. The van der Waals surface area contributed by atoms with Gasteiger partial charge in [0, 0.05) is 49.0 Å². The summed E-state index contributed by atoms with van der Waals surface area (Å²) in [6.07, 6.45) is 0. The smallest absolute Gasteiger partial charge is 0.235 e. The Morgan fingerprint density at radius 3 is 1.82 bits per heavy atom. The first-order valence-electron chi connectivity index (χ1n) is 21.1. The van der Waals surface area contributed by atoms with Crippen LogP contribution in [0.2, 0.25) is 0 Å². The predicted octanol–water partition coefficient (Wildman–Crippen LogP) is 14.6. The first kappa shape index (κ1) is 34.1. The lowest BCUT2D eigenvalue weighted by atomic mass is 9.82. The standard InChI is InChI=1S/C57H38N4/c1-57(2)48-24-12-8-19-39(48)40-30-29-37(33-49(40)57)60-51-26-14-10-20-41(51)46-32-36(28-31-53(46)60)45-34-47-42-21-11-15-27-52(42)61(55(47)43-22-7-6-18-38(43)45)56-58-50-25-13-9-23-44(50)54(59-56)35-16-4-3-5-17-35/h3-34H,1-2H3. The summed E-state index contributed by atoms with van der Waals surface area (Å²) in [7, 11) is 0. The van der Waals surface area contributed by atoms with Crippen LogP contribution in [-0.2, 0) is 5.41 Å². The Hall–Kier alpha value is -7.82. The Morgan fingerprint density at radius 2 is 1.00 bits per heavy atom. The van der Waals surface area contributed by atoms with E-state index in [9.17, 15) is 0 Å². The fraction of sp³-hybridized carbons (Fsp3) is 0.0526. The van der Waals surface area contributed by atoms with Crippen LogP contribution < -0.4 is 0 Å². The van der Waals surface area contributed by atoms with E-state index in [0.717, 1.165) is 38.6 Å². The summed E-state index contributed by atoms with van der Waals surface area (Å²) in [6.45, 7) is 4.71. The molecule has 0 N–H and O–H groups in total. The van der Waals surface area contributed by atoms with E-state index < -0.39 is 0 Å². The van der Waals surface area contributed by atoms with Crippen LogP contribution in [0.3, 0.4) is 0 Å². The number of nitrogens with zero attached hydrogens (tertiary/aromatic N) is 4. The van der Waals surface area contributed by atoms with Crippen molar-refractivity contribution in [3.63, 3.8) is 0 Å². The molecule has 0 saturated carbocycles. The van der Waals surface area contributed by atoms with Crippen molar-refractivity contribution < 1.29 is 0 Å². The van der Waals surface area contributed by atoms with Gasteiger partial charge in [0.2, 0.25) is 5.95 Å². The average Bonchev–Trinajstić information content (AvgIpc) is 3.91. The number of benzene rings is 9. The largest absolute Gasteiger partial charge is 0.309 e. The summed E-state index contributed by atoms with van der Waals surface area (Å²) >= 11 is 0. The third-order valence-electron chi connectivity index (χ3n) is 13.3. The van der Waals surface area contributed by atoms with E-state index in [4.69, 9.17) is 9.97 Å². The normalized spacial score (nSPS) is 13.2. The maximum atomic E-state index is 5.38. The Kier molecular flexibility index (Phi) is 7.04. The molecular weight excluding hydrogens is 741 g/mol. The molecular formula is C57H38N4. The molecule has 0 fully saturated rings. The van der Waals surface area contributed by atoms with E-state index in [1.165, 1.54) is 77.0 Å². The molecule has 9 aromatic carbocycles. The zero-order valence-corrected chi connectivity index (χ0v) is 33.8. The highest BCUT2D eigenvalue weighted by molar-refractivity contribution is 6.22. The van der Waals surface area contributed by atoms with Crippen LogP contribution in [0, 0.1) is 0 Å². The number of rotatable bonds is 4. The first-order chi connectivity index (χ1) is 30.0. The van der Waals surface area contributed by atoms with Gasteiger partial charge in [0.25, 0.3) is 0 Å². The first-order valence-corrected chi connectivity index (χ1v) is 21.1. The molecule has 3 heterocycles. The molecule has 12 aromatic rings. The van der Waals surface area contributed by atoms with Crippen LogP contribution in [0.4, 0.5) is 0 Å². The van der Waals surface area contributed by atoms with Crippen LogP contribution in [-0.4, -0.2) is 19.1 Å². The molecule has 0 aliphatic heterocycles. The average molecular weight is 779 g/mol. The SMILES string of the molecule is CC1(C)c2ccccc2-c2ccc(-n3c4ccccc4c4cc(-c5cc6c7ccccc7n(-c7nc(-c8ccccc8)c8ccccc8n7)c6c6ccccc56)ccc43)cc21. The van der Waals surface area contributed by atoms with Gasteiger partial charge in [-0.3, -0.25) is 4.57 Å². The molecule has 0 saturated heterocycles. The molecule has 0 atom stereocenters. The molecule has 0 spiro atoms. The lowest BCUT2D eigenvalue weighted by Crippen LogP contribution is -2.15. The Morgan fingerprint density at radius 1 is 0.377 bits per heavy atom. The van der Waals surface area contributed by atoms with Gasteiger partial charge in [-0.1, -0.05) is 159 Å². The molecule has 4 nitrogen and oxygen atoms in total. The minimum Gasteiger partial charge on any atom is -0.309 e. The number of hydrogen-bond acceptors (Lipinski definition) is 2. The monoisotopic (exact) mass is 778 g/mol.